The van der Waals surface area contributed by atoms with Gasteiger partial charge in [0.2, 0.25) is 15.9 Å². The molecule has 3 unspecified atom stereocenters. The van der Waals surface area contributed by atoms with Crippen molar-refractivity contribution in [1.29, 1.82) is 0 Å². The average Bonchev–Trinajstić information content (AvgIpc) is 3.33. The predicted octanol–water partition coefficient (Wildman–Crippen LogP) is 2.59. The first-order valence-electron chi connectivity index (χ1n) is 10.8. The number of nitrogens with zero attached hydrogens (tertiary/aromatic N) is 2. The van der Waals surface area contributed by atoms with Crippen LogP contribution in [0.5, 0.6) is 0 Å². The number of rotatable bonds is 6. The van der Waals surface area contributed by atoms with E-state index in [0.717, 1.165) is 11.6 Å². The zero-order chi connectivity index (χ0) is 23.9. The Bertz CT molecular complexity index is 1160. The Morgan fingerprint density at radius 1 is 1.09 bits per heavy atom. The molecule has 2 aromatic rings. The first-order valence-corrected chi connectivity index (χ1v) is 12.3. The molecule has 1 amide bonds. The van der Waals surface area contributed by atoms with E-state index in [1.165, 1.54) is 4.31 Å². The van der Waals surface area contributed by atoms with Crippen LogP contribution >= 0.6 is 0 Å². The molecule has 2 saturated heterocycles. The molecule has 0 radical (unpaired) electrons. The molecule has 2 fully saturated rings. The summed E-state index contributed by atoms with van der Waals surface area (Å²) in [6.07, 6.45) is 0.459. The molecular weight excluding hydrogens is 455 g/mol. The molecule has 0 bridgehead atoms. The molecule has 2 aromatic carbocycles. The molecule has 0 saturated carbocycles. The molecule has 2 N–H and O–H groups in total. The third-order valence-electron chi connectivity index (χ3n) is 6.50. The number of hydrogen-bond acceptors (Lipinski definition) is 4. The monoisotopic (exact) mass is 481 g/mol. The molecule has 0 spiro atoms. The molecular formula is C23H26F3N3O3S. The zero-order valence-electron chi connectivity index (χ0n) is 18.2. The Hall–Kier alpha value is -2.43. The molecule has 0 aliphatic carbocycles. The van der Waals surface area contributed by atoms with E-state index in [-0.39, 0.29) is 47.7 Å². The summed E-state index contributed by atoms with van der Waals surface area (Å²) in [5, 5.41) is 0. The topological polar surface area (TPSA) is 83.7 Å². The normalized spacial score (nSPS) is 21.9. The lowest BCUT2D eigenvalue weighted by Crippen LogP contribution is -2.43. The van der Waals surface area contributed by atoms with E-state index in [9.17, 15) is 26.4 Å². The summed E-state index contributed by atoms with van der Waals surface area (Å²) in [4.78, 5) is 14.8. The van der Waals surface area contributed by atoms with E-state index in [0.29, 0.717) is 25.6 Å². The Labute approximate surface area is 191 Å². The Morgan fingerprint density at radius 3 is 2.45 bits per heavy atom. The summed E-state index contributed by atoms with van der Waals surface area (Å²) < 4.78 is 67.9. The van der Waals surface area contributed by atoms with Gasteiger partial charge in [0.15, 0.2) is 11.6 Å². The smallest absolute Gasteiger partial charge is 0.243 e. The summed E-state index contributed by atoms with van der Waals surface area (Å²) in [6, 6.07) is 6.84. The van der Waals surface area contributed by atoms with Gasteiger partial charge >= 0.3 is 0 Å². The van der Waals surface area contributed by atoms with Crippen molar-refractivity contribution in [3.8, 4) is 0 Å². The molecule has 6 nitrogen and oxygen atoms in total. The SMILES string of the molecule is Cc1ccc(S(=O)(=O)N2CC3CCN(C(=O)CC(N)Cc4cc(F)c(F)cc4F)C3C2)cc1. The first-order chi connectivity index (χ1) is 15.6. The molecule has 2 aliphatic heterocycles. The maximum Gasteiger partial charge on any atom is 0.243 e. The number of benzene rings is 2. The lowest BCUT2D eigenvalue weighted by molar-refractivity contribution is -0.132. The van der Waals surface area contributed by atoms with Gasteiger partial charge in [0, 0.05) is 44.2 Å². The van der Waals surface area contributed by atoms with Crippen molar-refractivity contribution in [3.05, 3.63) is 65.0 Å². The fraction of sp³-hybridized carbons (Fsp3) is 0.435. The summed E-state index contributed by atoms with van der Waals surface area (Å²) in [5.41, 5.74) is 6.89. The predicted molar refractivity (Wildman–Crippen MR) is 116 cm³/mol. The maximum absolute atomic E-state index is 13.9. The van der Waals surface area contributed by atoms with Crippen LogP contribution in [0.2, 0.25) is 0 Å². The van der Waals surface area contributed by atoms with Gasteiger partial charge in [-0.05, 0) is 49.4 Å². The highest BCUT2D eigenvalue weighted by atomic mass is 32.2. The second kappa shape index (κ2) is 9.08. The molecule has 10 heteroatoms. The Balaban J connectivity index is 1.40. The van der Waals surface area contributed by atoms with Crippen LogP contribution in [0.1, 0.15) is 24.0 Å². The van der Waals surface area contributed by atoms with E-state index in [2.05, 4.69) is 0 Å². The number of fused-ring (bicyclic) bond motifs is 1. The molecule has 2 heterocycles. The van der Waals surface area contributed by atoms with Gasteiger partial charge in [-0.3, -0.25) is 4.79 Å². The minimum atomic E-state index is -3.66. The van der Waals surface area contributed by atoms with Crippen molar-refractivity contribution in [1.82, 2.24) is 9.21 Å². The summed E-state index contributed by atoms with van der Waals surface area (Å²) in [6.45, 7) is 2.93. The standard InChI is InChI=1S/C23H26F3N3O3S/c1-14-2-4-18(5-3-14)33(31,32)28-12-15-6-7-29(22(15)13-28)23(30)10-17(27)8-16-9-20(25)21(26)11-19(16)24/h2-5,9,11,15,17,22H,6-8,10,12-13,27H2,1H3. The number of aryl methyl sites for hydroxylation is 1. The van der Waals surface area contributed by atoms with Crippen LogP contribution in [0, 0.1) is 30.3 Å². The molecule has 0 aromatic heterocycles. The number of halogens is 3. The number of sulfonamides is 1. The third-order valence-corrected chi connectivity index (χ3v) is 8.35. The fourth-order valence-corrected chi connectivity index (χ4v) is 6.22. The van der Waals surface area contributed by atoms with Gasteiger partial charge in [-0.15, -0.1) is 0 Å². The average molecular weight is 482 g/mol. The van der Waals surface area contributed by atoms with Gasteiger partial charge in [-0.2, -0.15) is 4.31 Å². The lowest BCUT2D eigenvalue weighted by atomic mass is 10.0. The molecule has 3 atom stereocenters. The second-order valence-corrected chi connectivity index (χ2v) is 10.8. The van der Waals surface area contributed by atoms with E-state index in [1.54, 1.807) is 29.2 Å². The van der Waals surface area contributed by atoms with Crippen molar-refractivity contribution in [2.75, 3.05) is 19.6 Å². The van der Waals surface area contributed by atoms with Crippen LogP contribution in [0.4, 0.5) is 13.2 Å². The number of carbonyl (C=O) groups excluding carboxylic acids is 1. The first kappa shape index (κ1) is 23.7. The molecule has 33 heavy (non-hydrogen) atoms. The van der Waals surface area contributed by atoms with Crippen LogP contribution in [0.15, 0.2) is 41.3 Å². The van der Waals surface area contributed by atoms with E-state index >= 15 is 0 Å². The highest BCUT2D eigenvalue weighted by Crippen LogP contribution is 2.35. The van der Waals surface area contributed by atoms with Gasteiger partial charge in [0.25, 0.3) is 0 Å². The Morgan fingerprint density at radius 2 is 1.76 bits per heavy atom. The minimum Gasteiger partial charge on any atom is -0.338 e. The van der Waals surface area contributed by atoms with E-state index in [4.69, 9.17) is 5.73 Å². The van der Waals surface area contributed by atoms with Crippen LogP contribution in [-0.2, 0) is 21.2 Å². The number of likely N-dealkylation sites (tertiary alicyclic amines) is 1. The largest absolute Gasteiger partial charge is 0.338 e. The number of nitrogens with two attached hydrogens (primary N) is 1. The van der Waals surface area contributed by atoms with Crippen LogP contribution in [0.25, 0.3) is 0 Å². The molecule has 2 aliphatic rings. The minimum absolute atomic E-state index is 0.0361. The van der Waals surface area contributed by atoms with Gasteiger partial charge in [0.05, 0.1) is 4.90 Å². The lowest BCUT2D eigenvalue weighted by Gasteiger charge is -2.26. The quantitative estimate of drug-likeness (QED) is 0.643. The van der Waals surface area contributed by atoms with E-state index in [1.807, 2.05) is 6.92 Å². The third kappa shape index (κ3) is 4.78. The highest BCUT2D eigenvalue weighted by Gasteiger charge is 2.46. The number of carbonyl (C=O) groups is 1. The van der Waals surface area contributed by atoms with Crippen molar-refractivity contribution in [3.63, 3.8) is 0 Å². The maximum atomic E-state index is 13.9. The van der Waals surface area contributed by atoms with Gasteiger partial charge in [0.1, 0.15) is 5.82 Å². The van der Waals surface area contributed by atoms with Gasteiger partial charge in [-0.25, -0.2) is 21.6 Å². The van der Waals surface area contributed by atoms with Gasteiger partial charge in [-0.1, -0.05) is 17.7 Å². The fourth-order valence-electron chi connectivity index (χ4n) is 4.70. The van der Waals surface area contributed by atoms with Crippen LogP contribution < -0.4 is 5.73 Å². The summed E-state index contributed by atoms with van der Waals surface area (Å²) in [7, 11) is -3.66. The number of amides is 1. The van der Waals surface area contributed by atoms with Crippen molar-refractivity contribution in [2.24, 2.45) is 11.7 Å². The zero-order valence-corrected chi connectivity index (χ0v) is 19.0. The highest BCUT2D eigenvalue weighted by molar-refractivity contribution is 7.89. The molecule has 4 rings (SSSR count). The van der Waals surface area contributed by atoms with Crippen molar-refractivity contribution in [2.45, 2.75) is 43.2 Å². The van der Waals surface area contributed by atoms with E-state index < -0.39 is 33.5 Å². The molecule has 178 valence electrons. The van der Waals surface area contributed by atoms with Crippen LogP contribution in [-0.4, -0.2) is 55.2 Å². The van der Waals surface area contributed by atoms with Crippen molar-refractivity contribution < 1.29 is 26.4 Å². The number of hydrogen-bond donors (Lipinski definition) is 1. The summed E-state index contributed by atoms with van der Waals surface area (Å²) in [5.74, 6) is -3.59. The van der Waals surface area contributed by atoms with Crippen molar-refractivity contribution >= 4 is 15.9 Å². The second-order valence-electron chi connectivity index (χ2n) is 8.86. The summed E-state index contributed by atoms with van der Waals surface area (Å²) >= 11 is 0. The van der Waals surface area contributed by atoms with Gasteiger partial charge < -0.3 is 10.6 Å². The Kier molecular flexibility index (Phi) is 6.52. The van der Waals surface area contributed by atoms with Crippen LogP contribution in [0.3, 0.4) is 0 Å².